The SMILES string of the molecule is COc1ccc(C(O)=C2C(=O)C(=O)N(CCCN3CCOCC3)C2c2cccnc2)c(O)c1. The van der Waals surface area contributed by atoms with Crippen LogP contribution in [0.1, 0.15) is 23.6 Å². The Morgan fingerprint density at radius 2 is 2.00 bits per heavy atom. The van der Waals surface area contributed by atoms with E-state index in [1.807, 2.05) is 0 Å². The number of phenolic OH excluding ortho intramolecular Hbond substituents is 1. The molecule has 0 spiro atoms. The first-order valence-electron chi connectivity index (χ1n) is 10.9. The number of methoxy groups -OCH3 is 1. The molecule has 9 heteroatoms. The number of aromatic hydroxyl groups is 1. The van der Waals surface area contributed by atoms with E-state index in [0.717, 1.165) is 19.6 Å². The van der Waals surface area contributed by atoms with Gasteiger partial charge in [0.2, 0.25) is 0 Å². The number of carbonyl (C=O) groups is 2. The van der Waals surface area contributed by atoms with Crippen LogP contribution in [0.2, 0.25) is 0 Å². The lowest BCUT2D eigenvalue weighted by molar-refractivity contribution is -0.140. The van der Waals surface area contributed by atoms with Crippen molar-refractivity contribution >= 4 is 17.4 Å². The molecule has 2 aromatic rings. The highest BCUT2D eigenvalue weighted by atomic mass is 16.5. The van der Waals surface area contributed by atoms with Crippen molar-refractivity contribution in [2.24, 2.45) is 0 Å². The predicted octanol–water partition coefficient (Wildman–Crippen LogP) is 1.94. The van der Waals surface area contributed by atoms with Gasteiger partial charge in [-0.2, -0.15) is 0 Å². The lowest BCUT2D eigenvalue weighted by atomic mass is 9.96. The zero-order valence-corrected chi connectivity index (χ0v) is 18.4. The molecule has 174 valence electrons. The maximum absolute atomic E-state index is 13.1. The predicted molar refractivity (Wildman–Crippen MR) is 120 cm³/mol. The fourth-order valence-electron chi connectivity index (χ4n) is 4.27. The van der Waals surface area contributed by atoms with E-state index in [0.29, 0.717) is 37.5 Å². The van der Waals surface area contributed by atoms with Crippen molar-refractivity contribution in [2.45, 2.75) is 12.5 Å². The second kappa shape index (κ2) is 10.0. The number of carbonyl (C=O) groups excluding carboxylic acids is 2. The first-order valence-corrected chi connectivity index (χ1v) is 10.9. The first-order chi connectivity index (χ1) is 16.0. The molecule has 1 atom stereocenters. The summed E-state index contributed by atoms with van der Waals surface area (Å²) in [5.74, 6) is -1.76. The Balaban J connectivity index is 1.67. The van der Waals surface area contributed by atoms with Crippen LogP contribution < -0.4 is 4.74 Å². The number of amides is 1. The van der Waals surface area contributed by atoms with E-state index in [4.69, 9.17) is 9.47 Å². The molecule has 1 aromatic heterocycles. The number of aliphatic hydroxyl groups excluding tert-OH is 1. The average Bonchev–Trinajstić information content (AvgIpc) is 3.10. The maximum Gasteiger partial charge on any atom is 0.295 e. The van der Waals surface area contributed by atoms with Gasteiger partial charge in [0.1, 0.15) is 17.3 Å². The normalized spacial score (nSPS) is 20.9. The zero-order chi connectivity index (χ0) is 23.4. The molecular formula is C24H27N3O6. The number of rotatable bonds is 7. The maximum atomic E-state index is 13.1. The van der Waals surface area contributed by atoms with Crippen molar-refractivity contribution in [3.8, 4) is 11.5 Å². The lowest BCUT2D eigenvalue weighted by Crippen LogP contribution is -2.39. The lowest BCUT2D eigenvalue weighted by Gasteiger charge is -2.29. The summed E-state index contributed by atoms with van der Waals surface area (Å²) in [5.41, 5.74) is 0.591. The van der Waals surface area contributed by atoms with Crippen molar-refractivity contribution in [3.05, 3.63) is 59.4 Å². The first kappa shape index (κ1) is 22.8. The number of benzene rings is 1. The van der Waals surface area contributed by atoms with Gasteiger partial charge in [-0.05, 0) is 30.2 Å². The summed E-state index contributed by atoms with van der Waals surface area (Å²) >= 11 is 0. The van der Waals surface area contributed by atoms with Crippen molar-refractivity contribution in [3.63, 3.8) is 0 Å². The summed E-state index contributed by atoms with van der Waals surface area (Å²) < 4.78 is 10.5. The standard InChI is InChI=1S/C24H27N3O6/c1-32-17-5-6-18(19(28)14-17)22(29)20-21(16-4-2-7-25-15-16)27(24(31)23(20)30)9-3-8-26-10-12-33-13-11-26/h2,4-7,14-15,21,28-29H,3,8-13H2,1H3. The van der Waals surface area contributed by atoms with Gasteiger partial charge in [0.05, 0.1) is 37.5 Å². The van der Waals surface area contributed by atoms with Gasteiger partial charge in [0.15, 0.2) is 0 Å². The molecule has 1 amide bonds. The third-order valence-corrected chi connectivity index (χ3v) is 5.98. The molecule has 2 N–H and O–H groups in total. The Kier molecular flexibility index (Phi) is 6.90. The van der Waals surface area contributed by atoms with Crippen molar-refractivity contribution in [2.75, 3.05) is 46.5 Å². The molecule has 0 saturated carbocycles. The number of aromatic nitrogens is 1. The molecule has 9 nitrogen and oxygen atoms in total. The minimum absolute atomic E-state index is 0.0519. The third kappa shape index (κ3) is 4.69. The van der Waals surface area contributed by atoms with Crippen LogP contribution in [0, 0.1) is 0 Å². The monoisotopic (exact) mass is 453 g/mol. The number of ether oxygens (including phenoxy) is 2. The van der Waals surface area contributed by atoms with Crippen LogP contribution >= 0.6 is 0 Å². The number of nitrogens with zero attached hydrogens (tertiary/aromatic N) is 3. The van der Waals surface area contributed by atoms with Gasteiger partial charge >= 0.3 is 0 Å². The summed E-state index contributed by atoms with van der Waals surface area (Å²) in [7, 11) is 1.46. The van der Waals surface area contributed by atoms with Crippen LogP contribution in [-0.4, -0.2) is 83.2 Å². The summed E-state index contributed by atoms with van der Waals surface area (Å²) in [6.45, 7) is 4.15. The van der Waals surface area contributed by atoms with E-state index >= 15 is 0 Å². The van der Waals surface area contributed by atoms with Gasteiger partial charge in [-0.15, -0.1) is 0 Å². The molecule has 0 aliphatic carbocycles. The summed E-state index contributed by atoms with van der Waals surface area (Å²) in [5, 5.41) is 21.5. The Hall–Kier alpha value is -3.43. The molecule has 0 radical (unpaired) electrons. The van der Waals surface area contributed by atoms with Crippen LogP contribution in [0.25, 0.3) is 5.76 Å². The Labute approximate surface area is 191 Å². The summed E-state index contributed by atoms with van der Waals surface area (Å²) in [4.78, 5) is 33.9. The van der Waals surface area contributed by atoms with Gasteiger partial charge in [-0.1, -0.05) is 6.07 Å². The quantitative estimate of drug-likeness (QED) is 0.372. The van der Waals surface area contributed by atoms with E-state index in [-0.39, 0.29) is 16.9 Å². The number of pyridine rings is 1. The highest BCUT2D eigenvalue weighted by Crippen LogP contribution is 2.41. The van der Waals surface area contributed by atoms with Crippen LogP contribution in [0.15, 0.2) is 48.3 Å². The molecular weight excluding hydrogens is 426 g/mol. The molecule has 1 unspecified atom stereocenters. The van der Waals surface area contributed by atoms with E-state index in [2.05, 4.69) is 9.88 Å². The minimum atomic E-state index is -0.801. The topological polar surface area (TPSA) is 112 Å². The molecule has 4 rings (SSSR count). The van der Waals surface area contributed by atoms with Gasteiger partial charge in [0.25, 0.3) is 11.7 Å². The van der Waals surface area contributed by atoms with E-state index in [1.165, 1.54) is 24.1 Å². The summed E-state index contributed by atoms with van der Waals surface area (Å²) in [6, 6.07) is 7.03. The largest absolute Gasteiger partial charge is 0.507 e. The van der Waals surface area contributed by atoms with E-state index in [9.17, 15) is 19.8 Å². The number of ketones is 1. The smallest absolute Gasteiger partial charge is 0.295 e. The van der Waals surface area contributed by atoms with Gasteiger partial charge in [-0.3, -0.25) is 19.5 Å². The Morgan fingerprint density at radius 1 is 1.21 bits per heavy atom. The number of phenols is 1. The van der Waals surface area contributed by atoms with Crippen LogP contribution in [0.3, 0.4) is 0 Å². The van der Waals surface area contributed by atoms with E-state index in [1.54, 1.807) is 30.6 Å². The van der Waals surface area contributed by atoms with Crippen molar-refractivity contribution in [1.82, 2.24) is 14.8 Å². The molecule has 33 heavy (non-hydrogen) atoms. The third-order valence-electron chi connectivity index (χ3n) is 5.98. The molecule has 2 saturated heterocycles. The molecule has 3 heterocycles. The molecule has 2 fully saturated rings. The number of aliphatic hydroxyl groups is 1. The minimum Gasteiger partial charge on any atom is -0.507 e. The fourth-order valence-corrected chi connectivity index (χ4v) is 4.27. The molecule has 2 aliphatic heterocycles. The number of Topliss-reactive ketones (excluding diaryl/α,β-unsaturated/α-hetero) is 1. The Bertz CT molecular complexity index is 1050. The number of hydrogen-bond donors (Lipinski definition) is 2. The van der Waals surface area contributed by atoms with Gasteiger partial charge in [-0.25, -0.2) is 0 Å². The van der Waals surface area contributed by atoms with Crippen LogP contribution in [-0.2, 0) is 14.3 Å². The highest BCUT2D eigenvalue weighted by Gasteiger charge is 2.46. The van der Waals surface area contributed by atoms with Crippen LogP contribution in [0.4, 0.5) is 0 Å². The highest BCUT2D eigenvalue weighted by molar-refractivity contribution is 6.46. The Morgan fingerprint density at radius 3 is 2.67 bits per heavy atom. The summed E-state index contributed by atoms with van der Waals surface area (Å²) in [6.07, 6.45) is 3.84. The van der Waals surface area contributed by atoms with Crippen LogP contribution in [0.5, 0.6) is 11.5 Å². The number of likely N-dealkylation sites (tertiary alicyclic amines) is 1. The second-order valence-electron chi connectivity index (χ2n) is 7.97. The average molecular weight is 453 g/mol. The zero-order valence-electron chi connectivity index (χ0n) is 18.4. The molecule has 0 bridgehead atoms. The van der Waals surface area contributed by atoms with Crippen molar-refractivity contribution in [1.29, 1.82) is 0 Å². The molecule has 2 aliphatic rings. The van der Waals surface area contributed by atoms with E-state index < -0.39 is 23.5 Å². The number of hydrogen-bond acceptors (Lipinski definition) is 8. The number of morpholine rings is 1. The van der Waals surface area contributed by atoms with Gasteiger partial charge in [0, 0.05) is 44.6 Å². The fraction of sp³-hybridized carbons (Fsp3) is 0.375. The van der Waals surface area contributed by atoms with Crippen molar-refractivity contribution < 1.29 is 29.3 Å². The van der Waals surface area contributed by atoms with Gasteiger partial charge < -0.3 is 24.6 Å². The second-order valence-corrected chi connectivity index (χ2v) is 7.97. The molecule has 1 aromatic carbocycles.